The summed E-state index contributed by atoms with van der Waals surface area (Å²) < 4.78 is 35.8. The number of cyclic esters (lactones) is 1. The fraction of sp³-hybridized carbons (Fsp3) is 0.686. The summed E-state index contributed by atoms with van der Waals surface area (Å²) in [5, 5.41) is 26.2. The monoisotopic (exact) mass is 939 g/mol. The van der Waals surface area contributed by atoms with Crippen LogP contribution in [0.4, 0.5) is 4.79 Å². The Hall–Kier alpha value is -4.32. The number of esters is 1. The molecule has 2 saturated heterocycles. The van der Waals surface area contributed by atoms with E-state index in [1.807, 2.05) is 32.9 Å². The van der Waals surface area contributed by atoms with Crippen LogP contribution in [-0.2, 0) is 47.6 Å². The van der Waals surface area contributed by atoms with Crippen molar-refractivity contribution in [2.45, 2.75) is 167 Å². The number of aliphatic hydroxyl groups is 2. The minimum atomic E-state index is -2.54. The van der Waals surface area contributed by atoms with Crippen LogP contribution in [0.25, 0.3) is 0 Å². The number of nitrogens with one attached hydrogen (secondary N) is 1. The SMILES string of the molecule is CC[C@@H]1/C=C(\C)C[C@H](C)C[C@H](OC)[C@H]2O[C@@](O)(C(=O)C(=O)N3CCCC[C@H]3C(=O)O[C@H](/C(C)=C/[C@@H]3CC[C@@H](OC(=O)NC(=O)c4ccccc4)[C@H](OC)C3)[C@H](C)[C@@H](O)CC1=O)[C@H](C)C[C@@H]2OC. The lowest BCUT2D eigenvalue weighted by Crippen LogP contribution is -2.64. The lowest BCUT2D eigenvalue weighted by atomic mass is 9.81. The Morgan fingerprint density at radius 2 is 1.57 bits per heavy atom. The molecule has 1 aromatic carbocycles. The van der Waals surface area contributed by atoms with Gasteiger partial charge in [0, 0.05) is 57.6 Å². The Balaban J connectivity index is 1.44. The molecule has 5 rings (SSSR count). The first kappa shape index (κ1) is 53.6. The molecule has 0 spiro atoms. The van der Waals surface area contributed by atoms with Crippen molar-refractivity contribution in [3.63, 3.8) is 0 Å². The van der Waals surface area contributed by atoms with Crippen LogP contribution in [0.2, 0.25) is 0 Å². The van der Waals surface area contributed by atoms with Crippen molar-refractivity contribution < 1.29 is 67.4 Å². The van der Waals surface area contributed by atoms with E-state index in [0.29, 0.717) is 62.5 Å². The Morgan fingerprint density at radius 1 is 0.896 bits per heavy atom. The minimum Gasteiger partial charge on any atom is -0.456 e. The molecule has 14 atom stereocenters. The average molecular weight is 939 g/mol. The van der Waals surface area contributed by atoms with Crippen LogP contribution < -0.4 is 5.32 Å². The summed E-state index contributed by atoms with van der Waals surface area (Å²) in [6.45, 7) is 11.1. The van der Waals surface area contributed by atoms with E-state index in [1.165, 1.54) is 21.3 Å². The highest BCUT2D eigenvalue weighted by Gasteiger charge is 2.56. The van der Waals surface area contributed by atoms with Crippen molar-refractivity contribution in [2.75, 3.05) is 27.9 Å². The number of methoxy groups -OCH3 is 3. The number of piperidine rings is 1. The van der Waals surface area contributed by atoms with Gasteiger partial charge in [-0.3, -0.25) is 24.5 Å². The molecule has 3 amide bonds. The number of aliphatic hydroxyl groups excluding tert-OH is 1. The molecule has 1 aliphatic carbocycles. The lowest BCUT2D eigenvalue weighted by Gasteiger charge is -2.47. The van der Waals surface area contributed by atoms with Gasteiger partial charge in [-0.1, -0.05) is 63.6 Å². The predicted octanol–water partition coefficient (Wildman–Crippen LogP) is 6.05. The number of carbonyl (C=O) groups excluding carboxylic acids is 6. The standard InChI is InChI=1S/C51H74N2O14/c1-10-35-23-29(2)22-30(3)24-42(63-8)45-43(64-9)26-32(5)51(61,67-45)46(56)48(58)53-21-15-14-18-37(53)49(59)66-44(33(6)38(54)28-39(35)55)31(4)25-34-19-20-40(41(27-34)62-7)65-50(60)52-47(57)36-16-12-11-13-17-36/h11-13,16-17,23,25,30,32-35,37-38,40-45,54,61H,10,14-15,18-22,24,26-28H2,1-9H3,(H,52,57,60)/b29-23+,31-25+/t30-,32+,33+,34-,35+,37-,38-,40+,41+,42-,43-,44+,45+,51+/m0/s1. The van der Waals surface area contributed by atoms with Gasteiger partial charge in [0.1, 0.15) is 30.1 Å². The first-order chi connectivity index (χ1) is 31.8. The highest BCUT2D eigenvalue weighted by molar-refractivity contribution is 6.39. The highest BCUT2D eigenvalue weighted by atomic mass is 16.7. The van der Waals surface area contributed by atoms with Crippen molar-refractivity contribution in [2.24, 2.45) is 29.6 Å². The third-order valence-corrected chi connectivity index (χ3v) is 14.4. The number of benzene rings is 1. The van der Waals surface area contributed by atoms with Crippen LogP contribution in [0, 0.1) is 29.6 Å². The first-order valence-corrected chi connectivity index (χ1v) is 24.0. The molecule has 0 aromatic heterocycles. The number of amides is 3. The number of nitrogens with zero attached hydrogens (tertiary/aromatic N) is 1. The summed E-state index contributed by atoms with van der Waals surface area (Å²) in [4.78, 5) is 83.7. The van der Waals surface area contributed by atoms with Gasteiger partial charge in [-0.25, -0.2) is 9.59 Å². The van der Waals surface area contributed by atoms with Gasteiger partial charge in [-0.05, 0) is 108 Å². The second kappa shape index (κ2) is 24.3. The van der Waals surface area contributed by atoms with Gasteiger partial charge in [0.05, 0.1) is 24.4 Å². The van der Waals surface area contributed by atoms with Gasteiger partial charge in [0.15, 0.2) is 0 Å². The Morgan fingerprint density at radius 3 is 2.22 bits per heavy atom. The molecular formula is C51H74N2O14. The molecule has 16 nitrogen and oxygen atoms in total. The van der Waals surface area contributed by atoms with Gasteiger partial charge in [0.25, 0.3) is 17.6 Å². The molecule has 1 aromatic rings. The maximum absolute atomic E-state index is 14.5. The van der Waals surface area contributed by atoms with Gasteiger partial charge in [-0.2, -0.15) is 0 Å². The number of imide groups is 1. The number of hydrogen-bond donors (Lipinski definition) is 3. The number of alkyl carbamates (subject to hydrolysis) is 1. The van der Waals surface area contributed by atoms with Gasteiger partial charge >= 0.3 is 12.1 Å². The summed E-state index contributed by atoms with van der Waals surface area (Å²) in [6, 6.07) is 7.11. The smallest absolute Gasteiger partial charge is 0.414 e. The number of fused-ring (bicyclic) bond motifs is 3. The first-order valence-electron chi connectivity index (χ1n) is 24.0. The molecule has 16 heteroatoms. The van der Waals surface area contributed by atoms with Gasteiger partial charge in [0.2, 0.25) is 5.79 Å². The Bertz CT molecular complexity index is 1950. The second-order valence-corrected chi connectivity index (χ2v) is 19.4. The van der Waals surface area contributed by atoms with Crippen LogP contribution in [0.5, 0.6) is 0 Å². The number of rotatable bonds is 8. The summed E-state index contributed by atoms with van der Waals surface area (Å²) in [5.41, 5.74) is 1.86. The van der Waals surface area contributed by atoms with E-state index < -0.39 is 102 Å². The minimum absolute atomic E-state index is 0.00374. The number of Topliss-reactive ketones (excluding diaryl/α,β-unsaturated/α-hetero) is 2. The van der Waals surface area contributed by atoms with Crippen LogP contribution in [-0.4, -0.2) is 133 Å². The predicted molar refractivity (Wildman–Crippen MR) is 246 cm³/mol. The summed E-state index contributed by atoms with van der Waals surface area (Å²) in [7, 11) is 4.55. The zero-order valence-corrected chi connectivity index (χ0v) is 40.8. The van der Waals surface area contributed by atoms with Crippen molar-refractivity contribution in [3.05, 3.63) is 59.2 Å². The molecule has 0 radical (unpaired) electrons. The molecular weight excluding hydrogens is 865 g/mol. The van der Waals surface area contributed by atoms with E-state index in [1.54, 1.807) is 51.1 Å². The van der Waals surface area contributed by atoms with E-state index in [-0.39, 0.29) is 43.4 Å². The Labute approximate surface area is 395 Å². The number of carbonyl (C=O) groups is 6. The van der Waals surface area contributed by atoms with Crippen LogP contribution in [0.15, 0.2) is 53.6 Å². The molecule has 3 fully saturated rings. The molecule has 372 valence electrons. The fourth-order valence-corrected chi connectivity index (χ4v) is 10.4. The number of hydrogen-bond acceptors (Lipinski definition) is 14. The normalized spacial score (nSPS) is 36.4. The van der Waals surface area contributed by atoms with Crippen molar-refractivity contribution >= 4 is 35.4 Å². The van der Waals surface area contributed by atoms with Crippen molar-refractivity contribution in [1.82, 2.24) is 10.2 Å². The van der Waals surface area contributed by atoms with E-state index >= 15 is 0 Å². The maximum Gasteiger partial charge on any atom is 0.414 e. The van der Waals surface area contributed by atoms with E-state index in [2.05, 4.69) is 5.32 Å². The zero-order chi connectivity index (χ0) is 49.2. The number of allylic oxidation sites excluding steroid dienone is 3. The molecule has 3 N–H and O–H groups in total. The largest absolute Gasteiger partial charge is 0.456 e. The lowest BCUT2D eigenvalue weighted by molar-refractivity contribution is -0.302. The molecule has 4 aliphatic rings. The van der Waals surface area contributed by atoms with Gasteiger partial charge in [-0.15, -0.1) is 0 Å². The summed E-state index contributed by atoms with van der Waals surface area (Å²) in [6.07, 6.45) is 1.48. The van der Waals surface area contributed by atoms with E-state index in [9.17, 15) is 39.0 Å². The fourth-order valence-electron chi connectivity index (χ4n) is 10.4. The van der Waals surface area contributed by atoms with E-state index in [4.69, 9.17) is 28.4 Å². The van der Waals surface area contributed by atoms with Gasteiger partial charge < -0.3 is 43.5 Å². The van der Waals surface area contributed by atoms with Crippen LogP contribution in [0.3, 0.4) is 0 Å². The average Bonchev–Trinajstić information content (AvgIpc) is 3.31. The molecule has 2 bridgehead atoms. The molecule has 3 heterocycles. The summed E-state index contributed by atoms with van der Waals surface area (Å²) >= 11 is 0. The quantitative estimate of drug-likeness (QED) is 0.154. The number of ether oxygens (including phenoxy) is 6. The molecule has 67 heavy (non-hydrogen) atoms. The molecule has 1 saturated carbocycles. The summed E-state index contributed by atoms with van der Waals surface area (Å²) in [5.74, 6) is -8.65. The molecule has 3 aliphatic heterocycles. The van der Waals surface area contributed by atoms with E-state index in [0.717, 1.165) is 10.5 Å². The highest BCUT2D eigenvalue weighted by Crippen LogP contribution is 2.39. The maximum atomic E-state index is 14.5. The van der Waals surface area contributed by atoms with Crippen molar-refractivity contribution in [1.29, 1.82) is 0 Å². The topological polar surface area (TPSA) is 214 Å². The number of ketones is 2. The second-order valence-electron chi connectivity index (χ2n) is 19.4. The third-order valence-electron chi connectivity index (χ3n) is 14.4. The van der Waals surface area contributed by atoms with Crippen LogP contribution >= 0.6 is 0 Å². The molecule has 0 unspecified atom stereocenters. The Kier molecular flexibility index (Phi) is 19.4. The van der Waals surface area contributed by atoms with Crippen molar-refractivity contribution in [3.8, 4) is 0 Å². The zero-order valence-electron chi connectivity index (χ0n) is 40.8. The third kappa shape index (κ3) is 13.3. The van der Waals surface area contributed by atoms with Crippen LogP contribution in [0.1, 0.15) is 123 Å².